The molecule has 2 N–H and O–H groups in total. The van der Waals surface area contributed by atoms with E-state index in [4.69, 9.17) is 9.84 Å². The van der Waals surface area contributed by atoms with Crippen molar-refractivity contribution in [2.45, 2.75) is 50.6 Å². The molecule has 0 heterocycles. The van der Waals surface area contributed by atoms with Crippen LogP contribution in [0.1, 0.15) is 49.7 Å². The molecule has 2 aliphatic carbocycles. The van der Waals surface area contributed by atoms with Crippen molar-refractivity contribution in [1.29, 1.82) is 0 Å². The molecule has 33 heavy (non-hydrogen) atoms. The standard InChI is InChI=1S/C26H30N2O5/c1-3-17(14-24(29)28(2)18-12-16(13-18)25(30)31)27-26(32)33-15-23-21-10-6-4-8-19(21)20-9-5-7-11-22(20)23/h4-11,16-18,23H,3,12-15H2,1-2H3,(H,27,32)(H,30,31). The highest BCUT2D eigenvalue weighted by molar-refractivity contribution is 5.80. The van der Waals surface area contributed by atoms with E-state index >= 15 is 0 Å². The van der Waals surface area contributed by atoms with E-state index in [0.29, 0.717) is 19.3 Å². The van der Waals surface area contributed by atoms with Crippen molar-refractivity contribution in [3.05, 3.63) is 59.7 Å². The Balaban J connectivity index is 1.30. The lowest BCUT2D eigenvalue weighted by Crippen LogP contribution is -2.49. The summed E-state index contributed by atoms with van der Waals surface area (Å²) in [4.78, 5) is 37.8. The number of amides is 2. The summed E-state index contributed by atoms with van der Waals surface area (Å²) in [5.41, 5.74) is 4.64. The lowest BCUT2D eigenvalue weighted by molar-refractivity contribution is -0.150. The Kier molecular flexibility index (Phi) is 6.67. The fraction of sp³-hybridized carbons (Fsp3) is 0.423. The molecule has 0 radical (unpaired) electrons. The second kappa shape index (κ2) is 9.65. The van der Waals surface area contributed by atoms with Crippen LogP contribution in [-0.4, -0.2) is 53.7 Å². The summed E-state index contributed by atoms with van der Waals surface area (Å²) >= 11 is 0. The topological polar surface area (TPSA) is 95.9 Å². The van der Waals surface area contributed by atoms with Gasteiger partial charge in [0.05, 0.1) is 5.92 Å². The highest BCUT2D eigenvalue weighted by Crippen LogP contribution is 2.44. The van der Waals surface area contributed by atoms with Crippen LogP contribution < -0.4 is 5.32 Å². The van der Waals surface area contributed by atoms with Gasteiger partial charge in [-0.1, -0.05) is 55.5 Å². The number of nitrogens with zero attached hydrogens (tertiary/aromatic N) is 1. The maximum Gasteiger partial charge on any atom is 0.407 e. The third-order valence-electron chi connectivity index (χ3n) is 6.98. The van der Waals surface area contributed by atoms with E-state index in [-0.39, 0.29) is 42.9 Å². The zero-order valence-corrected chi connectivity index (χ0v) is 19.0. The first kappa shape index (κ1) is 22.8. The molecule has 2 aromatic rings. The third kappa shape index (κ3) is 4.72. The molecule has 7 nitrogen and oxygen atoms in total. The van der Waals surface area contributed by atoms with Crippen LogP contribution in [0, 0.1) is 5.92 Å². The van der Waals surface area contributed by atoms with Gasteiger partial charge in [-0.15, -0.1) is 0 Å². The Hall–Kier alpha value is -3.35. The van der Waals surface area contributed by atoms with Crippen LogP contribution in [-0.2, 0) is 14.3 Å². The minimum atomic E-state index is -0.810. The first-order chi connectivity index (χ1) is 15.9. The average molecular weight is 451 g/mol. The van der Waals surface area contributed by atoms with E-state index in [2.05, 4.69) is 29.6 Å². The SMILES string of the molecule is CCC(CC(=O)N(C)C1CC(C(=O)O)C1)NC(=O)OCC1c2ccccc2-c2ccccc21. The number of hydrogen-bond donors (Lipinski definition) is 2. The number of benzene rings is 2. The molecule has 2 amide bonds. The number of carboxylic acids is 1. The van der Waals surface area contributed by atoms with Gasteiger partial charge >= 0.3 is 12.1 Å². The Bertz CT molecular complexity index is 1000. The molecule has 0 aromatic heterocycles. The first-order valence-corrected chi connectivity index (χ1v) is 11.5. The maximum absolute atomic E-state index is 12.6. The van der Waals surface area contributed by atoms with Crippen LogP contribution in [0.3, 0.4) is 0 Å². The number of fused-ring (bicyclic) bond motifs is 3. The van der Waals surface area contributed by atoms with E-state index < -0.39 is 12.1 Å². The molecule has 2 aromatic carbocycles. The number of carbonyl (C=O) groups excluding carboxylic acids is 2. The Morgan fingerprint density at radius 1 is 1.06 bits per heavy atom. The van der Waals surface area contributed by atoms with Gasteiger partial charge < -0.3 is 20.1 Å². The number of alkyl carbamates (subject to hydrolysis) is 1. The minimum absolute atomic E-state index is 0.0169. The number of ether oxygens (including phenoxy) is 1. The van der Waals surface area contributed by atoms with Gasteiger partial charge in [0, 0.05) is 31.5 Å². The monoisotopic (exact) mass is 450 g/mol. The molecule has 2 aliphatic rings. The largest absolute Gasteiger partial charge is 0.481 e. The Morgan fingerprint density at radius 3 is 2.18 bits per heavy atom. The summed E-state index contributed by atoms with van der Waals surface area (Å²) in [7, 11) is 1.70. The molecule has 1 fully saturated rings. The highest BCUT2D eigenvalue weighted by atomic mass is 16.5. The lowest BCUT2D eigenvalue weighted by Gasteiger charge is -2.39. The number of rotatable bonds is 8. The van der Waals surface area contributed by atoms with Gasteiger partial charge in [0.15, 0.2) is 0 Å². The summed E-state index contributed by atoms with van der Waals surface area (Å²) < 4.78 is 5.59. The number of carbonyl (C=O) groups is 3. The van der Waals surface area contributed by atoms with Crippen molar-refractivity contribution in [1.82, 2.24) is 10.2 Å². The summed E-state index contributed by atoms with van der Waals surface area (Å²) in [6, 6.07) is 15.9. The lowest BCUT2D eigenvalue weighted by atomic mass is 9.79. The van der Waals surface area contributed by atoms with Crippen molar-refractivity contribution in [3.63, 3.8) is 0 Å². The quantitative estimate of drug-likeness (QED) is 0.633. The molecule has 0 bridgehead atoms. The number of nitrogens with one attached hydrogen (secondary N) is 1. The average Bonchev–Trinajstić information content (AvgIpc) is 3.09. The number of hydrogen-bond acceptors (Lipinski definition) is 4. The Labute approximate surface area is 193 Å². The van der Waals surface area contributed by atoms with E-state index in [9.17, 15) is 14.4 Å². The molecule has 0 saturated heterocycles. The van der Waals surface area contributed by atoms with Crippen LogP contribution in [0.4, 0.5) is 4.79 Å². The smallest absolute Gasteiger partial charge is 0.407 e. The third-order valence-corrected chi connectivity index (χ3v) is 6.98. The zero-order chi connectivity index (χ0) is 23.5. The second-order valence-electron chi connectivity index (χ2n) is 8.94. The minimum Gasteiger partial charge on any atom is -0.481 e. The van der Waals surface area contributed by atoms with E-state index in [1.807, 2.05) is 31.2 Å². The number of aliphatic carboxylic acids is 1. The summed E-state index contributed by atoms with van der Waals surface area (Å²) in [5.74, 6) is -1.30. The maximum atomic E-state index is 12.6. The van der Waals surface area contributed by atoms with Crippen LogP contribution >= 0.6 is 0 Å². The van der Waals surface area contributed by atoms with Crippen LogP contribution in [0.25, 0.3) is 11.1 Å². The van der Waals surface area contributed by atoms with Crippen LogP contribution in [0.15, 0.2) is 48.5 Å². The van der Waals surface area contributed by atoms with Crippen LogP contribution in [0.5, 0.6) is 0 Å². The molecule has 7 heteroatoms. The molecule has 1 atom stereocenters. The van der Waals surface area contributed by atoms with Crippen molar-refractivity contribution in [2.75, 3.05) is 13.7 Å². The van der Waals surface area contributed by atoms with E-state index in [0.717, 1.165) is 11.1 Å². The highest BCUT2D eigenvalue weighted by Gasteiger charge is 2.38. The van der Waals surface area contributed by atoms with E-state index in [1.54, 1.807) is 11.9 Å². The van der Waals surface area contributed by atoms with Crippen molar-refractivity contribution in [3.8, 4) is 11.1 Å². The molecule has 1 saturated carbocycles. The zero-order valence-electron chi connectivity index (χ0n) is 19.0. The molecule has 1 unspecified atom stereocenters. The van der Waals surface area contributed by atoms with Gasteiger partial charge in [-0.2, -0.15) is 0 Å². The van der Waals surface area contributed by atoms with Crippen molar-refractivity contribution < 1.29 is 24.2 Å². The Morgan fingerprint density at radius 2 is 1.64 bits per heavy atom. The van der Waals surface area contributed by atoms with E-state index in [1.165, 1.54) is 11.1 Å². The van der Waals surface area contributed by atoms with Gasteiger partial charge in [0.25, 0.3) is 0 Å². The first-order valence-electron chi connectivity index (χ1n) is 11.5. The van der Waals surface area contributed by atoms with Gasteiger partial charge in [0.1, 0.15) is 6.61 Å². The number of carboxylic acid groups (broad SMARTS) is 1. The van der Waals surface area contributed by atoms with Gasteiger partial charge in [-0.3, -0.25) is 9.59 Å². The summed E-state index contributed by atoms with van der Waals surface area (Å²) in [6.07, 6.45) is 1.17. The summed E-state index contributed by atoms with van der Waals surface area (Å²) in [6.45, 7) is 2.13. The second-order valence-corrected chi connectivity index (χ2v) is 8.94. The molecule has 0 spiro atoms. The fourth-order valence-corrected chi connectivity index (χ4v) is 4.77. The van der Waals surface area contributed by atoms with Crippen LogP contribution in [0.2, 0.25) is 0 Å². The fourth-order valence-electron chi connectivity index (χ4n) is 4.77. The van der Waals surface area contributed by atoms with Crippen molar-refractivity contribution in [2.24, 2.45) is 5.92 Å². The molecule has 0 aliphatic heterocycles. The molecule has 174 valence electrons. The molecular formula is C26H30N2O5. The summed E-state index contributed by atoms with van der Waals surface area (Å²) in [5, 5.41) is 11.9. The van der Waals surface area contributed by atoms with Gasteiger partial charge in [-0.05, 0) is 41.5 Å². The van der Waals surface area contributed by atoms with Crippen molar-refractivity contribution >= 4 is 18.0 Å². The van der Waals surface area contributed by atoms with Gasteiger partial charge in [0.2, 0.25) is 5.91 Å². The van der Waals surface area contributed by atoms with Gasteiger partial charge in [-0.25, -0.2) is 4.79 Å². The normalized spacial score (nSPS) is 19.6. The molecule has 4 rings (SSSR count). The predicted octanol–water partition coefficient (Wildman–Crippen LogP) is 4.02. The predicted molar refractivity (Wildman–Crippen MR) is 124 cm³/mol. The molecular weight excluding hydrogens is 420 g/mol.